The van der Waals surface area contributed by atoms with Crippen molar-refractivity contribution >= 4 is 0 Å². The van der Waals surface area contributed by atoms with Crippen LogP contribution in [0.5, 0.6) is 0 Å². The molecule has 60 valence electrons. The lowest BCUT2D eigenvalue weighted by atomic mass is 10.2. The summed E-state index contributed by atoms with van der Waals surface area (Å²) in [6.45, 7) is 3.65. The van der Waals surface area contributed by atoms with Crippen LogP contribution < -0.4 is 11.3 Å². The van der Waals surface area contributed by atoms with E-state index in [-0.39, 0.29) is 6.04 Å². The van der Waals surface area contributed by atoms with Gasteiger partial charge >= 0.3 is 0 Å². The van der Waals surface area contributed by atoms with Gasteiger partial charge in [-0.15, -0.1) is 6.58 Å². The Balaban J connectivity index is 2.89. The topological polar surface area (TPSA) is 55.9 Å². The molecule has 0 saturated heterocycles. The van der Waals surface area contributed by atoms with E-state index in [1.165, 1.54) is 0 Å². The summed E-state index contributed by atoms with van der Waals surface area (Å²) in [6.07, 6.45) is 3.46. The molecule has 0 aromatic carbocycles. The molecule has 3 N–H and O–H groups in total. The predicted octanol–water partition coefficient (Wildman–Crippen LogP) is 0.110. The van der Waals surface area contributed by atoms with Crippen LogP contribution in [0.25, 0.3) is 0 Å². The van der Waals surface area contributed by atoms with Gasteiger partial charge in [-0.3, -0.25) is 10.5 Å². The largest absolute Gasteiger partial charge is 0.271 e. The second-order valence-electron chi connectivity index (χ2n) is 2.26. The zero-order valence-electron chi connectivity index (χ0n) is 6.49. The third-order valence-electron chi connectivity index (χ3n) is 1.59. The van der Waals surface area contributed by atoms with Crippen molar-refractivity contribution in [3.05, 3.63) is 30.6 Å². The van der Waals surface area contributed by atoms with Gasteiger partial charge in [0.15, 0.2) is 0 Å². The Bertz CT molecular complexity index is 240. The molecule has 1 heterocycles. The molecule has 4 nitrogen and oxygen atoms in total. The van der Waals surface area contributed by atoms with Gasteiger partial charge in [0.05, 0.1) is 11.7 Å². The Hall–Kier alpha value is -1.13. The number of nitrogens with zero attached hydrogens (tertiary/aromatic N) is 2. The first-order valence-corrected chi connectivity index (χ1v) is 3.36. The Morgan fingerprint density at radius 1 is 1.91 bits per heavy atom. The number of hydrogen-bond acceptors (Lipinski definition) is 3. The predicted molar refractivity (Wildman–Crippen MR) is 43.5 cm³/mol. The van der Waals surface area contributed by atoms with Gasteiger partial charge < -0.3 is 0 Å². The van der Waals surface area contributed by atoms with Crippen molar-refractivity contribution < 1.29 is 0 Å². The fourth-order valence-electron chi connectivity index (χ4n) is 0.963. The second kappa shape index (κ2) is 3.32. The van der Waals surface area contributed by atoms with Crippen LogP contribution >= 0.6 is 0 Å². The van der Waals surface area contributed by atoms with Crippen LogP contribution in [0.3, 0.4) is 0 Å². The molecule has 0 saturated carbocycles. The van der Waals surface area contributed by atoms with E-state index in [9.17, 15) is 0 Å². The number of nitrogens with one attached hydrogen (secondary N) is 1. The molecule has 1 atom stereocenters. The molecule has 11 heavy (non-hydrogen) atoms. The van der Waals surface area contributed by atoms with E-state index in [0.29, 0.717) is 0 Å². The molecular weight excluding hydrogens is 140 g/mol. The summed E-state index contributed by atoms with van der Waals surface area (Å²) in [5.74, 6) is 5.28. The van der Waals surface area contributed by atoms with Gasteiger partial charge in [-0.05, 0) is 6.07 Å². The van der Waals surface area contributed by atoms with Gasteiger partial charge in [-0.2, -0.15) is 5.10 Å². The summed E-state index contributed by atoms with van der Waals surface area (Å²) in [6, 6.07) is 1.87. The Morgan fingerprint density at radius 2 is 2.64 bits per heavy atom. The zero-order valence-corrected chi connectivity index (χ0v) is 6.49. The second-order valence-corrected chi connectivity index (χ2v) is 2.26. The van der Waals surface area contributed by atoms with E-state index >= 15 is 0 Å². The molecule has 4 heteroatoms. The van der Waals surface area contributed by atoms with Crippen molar-refractivity contribution in [1.29, 1.82) is 0 Å². The lowest BCUT2D eigenvalue weighted by Gasteiger charge is -2.10. The summed E-state index contributed by atoms with van der Waals surface area (Å²) >= 11 is 0. The van der Waals surface area contributed by atoms with Gasteiger partial charge in [-0.1, -0.05) is 6.08 Å². The fraction of sp³-hybridized carbons (Fsp3) is 0.286. The Kier molecular flexibility index (Phi) is 2.40. The summed E-state index contributed by atoms with van der Waals surface area (Å²) in [5.41, 5.74) is 3.62. The first-order valence-electron chi connectivity index (χ1n) is 3.36. The first-order chi connectivity index (χ1) is 5.29. The van der Waals surface area contributed by atoms with Crippen molar-refractivity contribution in [2.45, 2.75) is 6.04 Å². The van der Waals surface area contributed by atoms with Crippen LogP contribution in [-0.2, 0) is 7.05 Å². The molecule has 0 bridgehead atoms. The van der Waals surface area contributed by atoms with Crippen molar-refractivity contribution in [3.63, 3.8) is 0 Å². The lowest BCUT2D eigenvalue weighted by Crippen LogP contribution is -2.27. The standard InChI is InChI=1S/C7H12N4/c1-3-6(10-8)7-4-5-9-11(7)2/h3-6,10H,1,8H2,2H3. The number of hydrogen-bond donors (Lipinski definition) is 2. The normalized spacial score (nSPS) is 12.9. The van der Waals surface area contributed by atoms with Crippen LogP contribution in [0.4, 0.5) is 0 Å². The van der Waals surface area contributed by atoms with Gasteiger partial charge in [0.1, 0.15) is 0 Å². The molecule has 0 amide bonds. The van der Waals surface area contributed by atoms with E-state index in [0.717, 1.165) is 5.69 Å². The maximum absolute atomic E-state index is 5.28. The Morgan fingerprint density at radius 3 is 3.00 bits per heavy atom. The smallest absolute Gasteiger partial charge is 0.0806 e. The van der Waals surface area contributed by atoms with Crippen LogP contribution in [0, 0.1) is 0 Å². The van der Waals surface area contributed by atoms with Gasteiger partial charge in [0.25, 0.3) is 0 Å². The molecule has 1 rings (SSSR count). The highest BCUT2D eigenvalue weighted by Crippen LogP contribution is 2.09. The SMILES string of the molecule is C=CC(NN)c1ccnn1C. The van der Waals surface area contributed by atoms with Crippen LogP contribution in [0.15, 0.2) is 24.9 Å². The van der Waals surface area contributed by atoms with E-state index in [1.807, 2.05) is 13.1 Å². The first kappa shape index (κ1) is 7.97. The molecule has 1 unspecified atom stereocenters. The van der Waals surface area contributed by atoms with Crippen LogP contribution in [0.2, 0.25) is 0 Å². The van der Waals surface area contributed by atoms with Crippen molar-refractivity contribution in [2.75, 3.05) is 0 Å². The van der Waals surface area contributed by atoms with Crippen LogP contribution in [0.1, 0.15) is 11.7 Å². The number of aryl methyl sites for hydroxylation is 1. The zero-order chi connectivity index (χ0) is 8.27. The van der Waals surface area contributed by atoms with Gasteiger partial charge in [0.2, 0.25) is 0 Å². The maximum atomic E-state index is 5.28. The summed E-state index contributed by atoms with van der Waals surface area (Å²) in [7, 11) is 1.86. The molecule has 1 aromatic rings. The molecular formula is C7H12N4. The molecule has 0 radical (unpaired) electrons. The highest BCUT2D eigenvalue weighted by Gasteiger charge is 2.07. The van der Waals surface area contributed by atoms with E-state index in [2.05, 4.69) is 17.1 Å². The van der Waals surface area contributed by atoms with Crippen molar-refractivity contribution in [1.82, 2.24) is 15.2 Å². The fourth-order valence-corrected chi connectivity index (χ4v) is 0.963. The number of aromatic nitrogens is 2. The minimum atomic E-state index is -0.0255. The molecule has 0 aliphatic heterocycles. The third kappa shape index (κ3) is 1.47. The highest BCUT2D eigenvalue weighted by atomic mass is 15.3. The molecule has 0 aliphatic carbocycles. The third-order valence-corrected chi connectivity index (χ3v) is 1.59. The maximum Gasteiger partial charge on any atom is 0.0806 e. The molecule has 0 fully saturated rings. The van der Waals surface area contributed by atoms with Gasteiger partial charge in [0, 0.05) is 13.2 Å². The molecule has 0 spiro atoms. The summed E-state index contributed by atoms with van der Waals surface area (Å²) in [4.78, 5) is 0. The molecule has 1 aromatic heterocycles. The van der Waals surface area contributed by atoms with Gasteiger partial charge in [-0.25, -0.2) is 5.43 Å². The summed E-state index contributed by atoms with van der Waals surface area (Å²) < 4.78 is 1.76. The number of hydrazine groups is 1. The number of rotatable bonds is 3. The monoisotopic (exact) mass is 152 g/mol. The minimum Gasteiger partial charge on any atom is -0.271 e. The van der Waals surface area contributed by atoms with E-state index in [1.54, 1.807) is 17.0 Å². The quantitative estimate of drug-likeness (QED) is 0.367. The average Bonchev–Trinajstić information content (AvgIpc) is 2.40. The van der Waals surface area contributed by atoms with Crippen molar-refractivity contribution in [2.24, 2.45) is 12.9 Å². The van der Waals surface area contributed by atoms with E-state index < -0.39 is 0 Å². The Labute approximate surface area is 65.7 Å². The van der Waals surface area contributed by atoms with E-state index in [4.69, 9.17) is 5.84 Å². The summed E-state index contributed by atoms with van der Waals surface area (Å²) in [5, 5.41) is 4.01. The number of nitrogens with two attached hydrogens (primary N) is 1. The minimum absolute atomic E-state index is 0.0255. The van der Waals surface area contributed by atoms with Crippen molar-refractivity contribution in [3.8, 4) is 0 Å². The molecule has 0 aliphatic rings. The highest BCUT2D eigenvalue weighted by molar-refractivity contribution is 5.11. The lowest BCUT2D eigenvalue weighted by molar-refractivity contribution is 0.589. The average molecular weight is 152 g/mol. The van der Waals surface area contributed by atoms with Crippen LogP contribution in [-0.4, -0.2) is 9.78 Å².